The molecular weight excluding hydrogens is 517 g/mol. The summed E-state index contributed by atoms with van der Waals surface area (Å²) in [4.78, 5) is 37.9. The zero-order valence-electron chi connectivity index (χ0n) is 21.6. The van der Waals surface area contributed by atoms with Crippen molar-refractivity contribution in [3.63, 3.8) is 0 Å². The highest BCUT2D eigenvalue weighted by atomic mass is 35.5. The second kappa shape index (κ2) is 10.9. The highest BCUT2D eigenvalue weighted by Crippen LogP contribution is 2.45. The molecule has 37 heavy (non-hydrogen) atoms. The molecule has 1 saturated carbocycles. The van der Waals surface area contributed by atoms with E-state index in [1.807, 2.05) is 0 Å². The molecule has 1 fully saturated rings. The van der Waals surface area contributed by atoms with Crippen LogP contribution in [0.5, 0.6) is 0 Å². The topological polar surface area (TPSA) is 81.1 Å². The predicted molar refractivity (Wildman–Crippen MR) is 141 cm³/mol. The molecule has 1 unspecified atom stereocenters. The molecule has 0 saturated heterocycles. The molecule has 0 radical (unpaired) electrons. The second-order valence-electron chi connectivity index (χ2n) is 10.4. The Labute approximate surface area is 225 Å². The smallest absolute Gasteiger partial charge is 0.416 e. The minimum atomic E-state index is -1.05. The van der Waals surface area contributed by atoms with E-state index in [9.17, 15) is 14.0 Å². The molecule has 1 aliphatic carbocycles. The number of esters is 1. The Morgan fingerprint density at radius 3 is 2.46 bits per heavy atom. The van der Waals surface area contributed by atoms with Crippen LogP contribution < -0.4 is 0 Å². The van der Waals surface area contributed by atoms with Crippen LogP contribution in [0.25, 0.3) is 0 Å². The van der Waals surface area contributed by atoms with Gasteiger partial charge in [0.1, 0.15) is 17.5 Å². The van der Waals surface area contributed by atoms with Crippen LogP contribution in [0.1, 0.15) is 70.0 Å². The summed E-state index contributed by atoms with van der Waals surface area (Å²) in [5.41, 5.74) is 0.271. The molecule has 4 rings (SSSR count). The van der Waals surface area contributed by atoms with Crippen LogP contribution in [0.2, 0.25) is 5.02 Å². The molecule has 1 aliphatic heterocycles. The van der Waals surface area contributed by atoms with Crippen LogP contribution in [0.15, 0.2) is 46.0 Å². The lowest BCUT2D eigenvalue weighted by atomic mass is 9.78. The molecule has 7 nitrogen and oxygen atoms in total. The van der Waals surface area contributed by atoms with Crippen molar-refractivity contribution >= 4 is 40.8 Å². The van der Waals surface area contributed by atoms with E-state index in [1.54, 1.807) is 32.3 Å². The Morgan fingerprint density at radius 1 is 1.19 bits per heavy atom. The van der Waals surface area contributed by atoms with Crippen molar-refractivity contribution in [2.45, 2.75) is 65.0 Å². The van der Waals surface area contributed by atoms with E-state index in [0.717, 1.165) is 31.7 Å². The number of rotatable bonds is 4. The van der Waals surface area contributed by atoms with E-state index in [-0.39, 0.29) is 22.3 Å². The molecule has 1 aromatic heterocycles. The second-order valence-corrected chi connectivity index (χ2v) is 11.7. The third-order valence-electron chi connectivity index (χ3n) is 6.54. The van der Waals surface area contributed by atoms with E-state index in [0.29, 0.717) is 22.2 Å². The summed E-state index contributed by atoms with van der Waals surface area (Å²) in [6.07, 6.45) is 4.54. The van der Waals surface area contributed by atoms with E-state index in [1.165, 1.54) is 35.5 Å². The first-order chi connectivity index (χ1) is 17.5. The van der Waals surface area contributed by atoms with Crippen LogP contribution in [-0.2, 0) is 14.3 Å². The molecule has 1 atom stereocenters. The van der Waals surface area contributed by atoms with Gasteiger partial charge in [0.15, 0.2) is 10.8 Å². The maximum Gasteiger partial charge on any atom is 0.416 e. The zero-order valence-corrected chi connectivity index (χ0v) is 23.2. The maximum absolute atomic E-state index is 14.1. The van der Waals surface area contributed by atoms with Crippen LogP contribution in [0, 0.1) is 17.7 Å². The van der Waals surface area contributed by atoms with Gasteiger partial charge in [-0.2, -0.15) is 0 Å². The molecule has 198 valence electrons. The van der Waals surface area contributed by atoms with Gasteiger partial charge >= 0.3 is 12.1 Å². The fourth-order valence-electron chi connectivity index (χ4n) is 4.80. The first-order valence-corrected chi connectivity index (χ1v) is 13.5. The number of carbonyl (C=O) groups is 2. The number of hydrogen-bond donors (Lipinski definition) is 0. The molecule has 0 spiro atoms. The van der Waals surface area contributed by atoms with E-state index in [4.69, 9.17) is 26.1 Å². The highest BCUT2D eigenvalue weighted by Gasteiger charge is 2.46. The third-order valence-corrected chi connectivity index (χ3v) is 7.64. The van der Waals surface area contributed by atoms with Crippen LogP contribution >= 0.6 is 22.9 Å². The first kappa shape index (κ1) is 27.3. The zero-order chi connectivity index (χ0) is 26.9. The van der Waals surface area contributed by atoms with Crippen molar-refractivity contribution in [2.75, 3.05) is 7.11 Å². The number of nitrogens with zero attached hydrogens (tertiary/aromatic N) is 3. The molecule has 2 aromatic rings. The van der Waals surface area contributed by atoms with Gasteiger partial charge in [-0.1, -0.05) is 37.4 Å². The standard InChI is InChI=1S/C27H31ClFN3O4S/c1-15-6-8-16(9-7-15)21-20(25(33)35-5)22(18-11-10-17(29)14-19(18)28)32(26(34)36-27(2,3)4)23(31-21)24-30-12-13-37-24/h10-16,22H,6-9H2,1-5H3/t15-,16-,22?. The van der Waals surface area contributed by atoms with Gasteiger partial charge in [0.2, 0.25) is 0 Å². The van der Waals surface area contributed by atoms with Gasteiger partial charge in [0, 0.05) is 22.5 Å². The highest BCUT2D eigenvalue weighted by molar-refractivity contribution is 7.11. The van der Waals surface area contributed by atoms with Crippen LogP contribution in [0.3, 0.4) is 0 Å². The number of aromatic nitrogens is 1. The number of aliphatic imine (C=N–C) groups is 1. The number of hydrogen-bond acceptors (Lipinski definition) is 7. The van der Waals surface area contributed by atoms with Crippen LogP contribution in [0.4, 0.5) is 9.18 Å². The van der Waals surface area contributed by atoms with Gasteiger partial charge in [-0.05, 0) is 57.2 Å². The Bertz CT molecular complexity index is 1230. The number of thiazole rings is 1. The van der Waals surface area contributed by atoms with Gasteiger partial charge in [-0.25, -0.2) is 28.9 Å². The molecule has 1 aromatic carbocycles. The third kappa shape index (κ3) is 5.88. The fraction of sp³-hybridized carbons (Fsp3) is 0.481. The number of amidine groups is 1. The number of ether oxygens (including phenoxy) is 2. The summed E-state index contributed by atoms with van der Waals surface area (Å²) in [5, 5.41) is 2.34. The number of carbonyl (C=O) groups excluding carboxylic acids is 2. The normalized spacial score (nSPS) is 22.5. The number of halogens is 2. The minimum Gasteiger partial charge on any atom is -0.466 e. The summed E-state index contributed by atoms with van der Waals surface area (Å²) in [6, 6.07) is 2.84. The molecular formula is C27H31ClFN3O4S. The molecule has 0 bridgehead atoms. The largest absolute Gasteiger partial charge is 0.466 e. The van der Waals surface area contributed by atoms with Crippen molar-refractivity contribution in [3.8, 4) is 0 Å². The summed E-state index contributed by atoms with van der Waals surface area (Å²) < 4.78 is 25.1. The summed E-state index contributed by atoms with van der Waals surface area (Å²) in [6.45, 7) is 7.46. The van der Waals surface area contributed by atoms with Gasteiger partial charge in [-0.15, -0.1) is 11.3 Å². The Morgan fingerprint density at radius 2 is 1.89 bits per heavy atom. The quantitative estimate of drug-likeness (QED) is 0.388. The minimum absolute atomic E-state index is 0.0252. The lowest BCUT2D eigenvalue weighted by Crippen LogP contribution is -2.47. The van der Waals surface area contributed by atoms with Gasteiger partial charge < -0.3 is 9.47 Å². The van der Waals surface area contributed by atoms with Crippen molar-refractivity contribution < 1.29 is 23.5 Å². The average molecular weight is 548 g/mol. The monoisotopic (exact) mass is 547 g/mol. The Balaban J connectivity index is 2.01. The van der Waals surface area contributed by atoms with E-state index in [2.05, 4.69) is 11.9 Å². The average Bonchev–Trinajstić information content (AvgIpc) is 3.37. The van der Waals surface area contributed by atoms with Crippen LogP contribution in [-0.4, -0.2) is 40.5 Å². The molecule has 1 amide bonds. The number of allylic oxidation sites excluding steroid dienone is 1. The van der Waals surface area contributed by atoms with Gasteiger partial charge in [-0.3, -0.25) is 0 Å². The maximum atomic E-state index is 14.1. The van der Waals surface area contributed by atoms with Gasteiger partial charge in [0.25, 0.3) is 0 Å². The fourth-order valence-corrected chi connectivity index (χ4v) is 5.69. The number of benzene rings is 1. The summed E-state index contributed by atoms with van der Waals surface area (Å²) >= 11 is 7.87. The predicted octanol–water partition coefficient (Wildman–Crippen LogP) is 6.93. The summed E-state index contributed by atoms with van der Waals surface area (Å²) in [7, 11) is 1.29. The van der Waals surface area contributed by atoms with E-state index >= 15 is 0 Å². The molecule has 2 heterocycles. The number of methoxy groups -OCH3 is 1. The van der Waals surface area contributed by atoms with Crippen molar-refractivity contribution in [1.29, 1.82) is 0 Å². The van der Waals surface area contributed by atoms with E-state index < -0.39 is 29.5 Å². The Kier molecular flexibility index (Phi) is 8.04. The lowest BCUT2D eigenvalue weighted by Gasteiger charge is -2.39. The van der Waals surface area contributed by atoms with Crippen molar-refractivity contribution in [2.24, 2.45) is 16.8 Å². The lowest BCUT2D eigenvalue weighted by molar-refractivity contribution is -0.136. The summed E-state index contributed by atoms with van der Waals surface area (Å²) in [5.74, 6) is -0.356. The SMILES string of the molecule is COC(=O)C1=C([C@H]2CC[C@H](C)CC2)N=C(c2nccs2)N(C(=O)OC(C)(C)C)C1c1ccc(F)cc1Cl. The first-order valence-electron chi connectivity index (χ1n) is 12.3. The van der Waals surface area contributed by atoms with Crippen molar-refractivity contribution in [3.05, 3.63) is 62.5 Å². The van der Waals surface area contributed by atoms with Gasteiger partial charge in [0.05, 0.1) is 18.4 Å². The molecule has 0 N–H and O–H groups in total. The number of amides is 1. The van der Waals surface area contributed by atoms with Crippen molar-refractivity contribution in [1.82, 2.24) is 9.88 Å². The molecule has 2 aliphatic rings. The Hall–Kier alpha value is -2.78. The molecule has 10 heteroatoms.